The second kappa shape index (κ2) is 8.14. The van der Waals surface area contributed by atoms with E-state index in [0.717, 1.165) is 35.2 Å². The molecule has 2 fully saturated rings. The summed E-state index contributed by atoms with van der Waals surface area (Å²) in [4.78, 5) is 36.1. The van der Waals surface area contributed by atoms with Crippen molar-refractivity contribution in [3.63, 3.8) is 0 Å². The van der Waals surface area contributed by atoms with E-state index in [4.69, 9.17) is 16.5 Å². The summed E-state index contributed by atoms with van der Waals surface area (Å²) in [5, 5.41) is 8.66. The molecule has 2 aliphatic rings. The highest BCUT2D eigenvalue weighted by molar-refractivity contribution is 6.00. The molecule has 2 aliphatic heterocycles. The number of nitrogens with zero attached hydrogens (tertiary/aromatic N) is 7. The predicted octanol–water partition coefficient (Wildman–Crippen LogP) is 2.77. The number of nitrogen functional groups attached to an aromatic ring is 1. The normalized spacial score (nSPS) is 21.3. The van der Waals surface area contributed by atoms with Gasteiger partial charge in [-0.25, -0.2) is 9.78 Å². The van der Waals surface area contributed by atoms with Crippen molar-refractivity contribution < 1.29 is 9.59 Å². The molecule has 4 aromatic rings. The molecule has 11 heteroatoms. The number of carbonyl (C=O) groups is 2. The number of hydrogen-bond acceptors (Lipinski definition) is 7. The molecule has 0 radical (unpaired) electrons. The fourth-order valence-electron chi connectivity index (χ4n) is 5.93. The van der Waals surface area contributed by atoms with Gasteiger partial charge in [-0.3, -0.25) is 14.5 Å². The van der Waals surface area contributed by atoms with Gasteiger partial charge in [0.1, 0.15) is 5.82 Å². The van der Waals surface area contributed by atoms with E-state index in [1.54, 1.807) is 28.2 Å². The van der Waals surface area contributed by atoms with E-state index in [1.165, 1.54) is 11.4 Å². The minimum Gasteiger partial charge on any atom is -0.383 e. The Labute approximate surface area is 207 Å². The van der Waals surface area contributed by atoms with E-state index in [1.807, 2.05) is 25.4 Å². The SMILES string of the molecule is CC(=O)c1c([C@H]2CC3CC[C@@H](C2)N3C(N)=O)nc2c(-c3ccc(-c4cnn(C)c4)nc3)cnn2c1N. The second-order valence-electron chi connectivity index (χ2n) is 9.74. The Bertz CT molecular complexity index is 1490. The van der Waals surface area contributed by atoms with Gasteiger partial charge in [0.25, 0.3) is 0 Å². The van der Waals surface area contributed by atoms with Crippen molar-refractivity contribution in [2.45, 2.75) is 50.6 Å². The van der Waals surface area contributed by atoms with Crippen LogP contribution in [0.25, 0.3) is 28.0 Å². The Balaban J connectivity index is 1.42. The van der Waals surface area contributed by atoms with Crippen molar-refractivity contribution in [2.75, 3.05) is 5.73 Å². The lowest BCUT2D eigenvalue weighted by atomic mass is 9.85. The lowest BCUT2D eigenvalue weighted by Crippen LogP contribution is -2.48. The molecule has 0 aromatic carbocycles. The summed E-state index contributed by atoms with van der Waals surface area (Å²) in [5.41, 5.74) is 17.2. The average molecular weight is 486 g/mol. The third-order valence-electron chi connectivity index (χ3n) is 7.51. The number of Topliss-reactive ketones (excluding diaryl/α,β-unsaturated/α-hetero) is 1. The molecule has 4 N–H and O–H groups in total. The van der Waals surface area contributed by atoms with Crippen LogP contribution in [0.1, 0.15) is 54.6 Å². The van der Waals surface area contributed by atoms with Crippen molar-refractivity contribution in [3.05, 3.63) is 48.2 Å². The molecule has 6 rings (SSSR count). The molecular weight excluding hydrogens is 458 g/mol. The molecule has 6 heterocycles. The Morgan fingerprint density at radius 1 is 1.03 bits per heavy atom. The van der Waals surface area contributed by atoms with Crippen LogP contribution in [0.5, 0.6) is 0 Å². The van der Waals surface area contributed by atoms with Crippen molar-refractivity contribution in [3.8, 4) is 22.4 Å². The number of carbonyl (C=O) groups excluding carboxylic acids is 2. The number of rotatable bonds is 4. The number of urea groups is 1. The summed E-state index contributed by atoms with van der Waals surface area (Å²) in [7, 11) is 1.86. The summed E-state index contributed by atoms with van der Waals surface area (Å²) < 4.78 is 3.26. The zero-order valence-electron chi connectivity index (χ0n) is 20.1. The van der Waals surface area contributed by atoms with Crippen LogP contribution < -0.4 is 11.5 Å². The molecule has 3 atom stereocenters. The van der Waals surface area contributed by atoms with Gasteiger partial charge in [-0.1, -0.05) is 6.07 Å². The maximum Gasteiger partial charge on any atom is 0.315 e. The first kappa shape index (κ1) is 22.2. The minimum atomic E-state index is -0.379. The van der Waals surface area contributed by atoms with Crippen molar-refractivity contribution in [1.29, 1.82) is 0 Å². The van der Waals surface area contributed by atoms with E-state index in [0.29, 0.717) is 29.7 Å². The van der Waals surface area contributed by atoms with Gasteiger partial charge in [0, 0.05) is 54.1 Å². The summed E-state index contributed by atoms with van der Waals surface area (Å²) in [6.45, 7) is 1.50. The first-order valence-corrected chi connectivity index (χ1v) is 12.0. The van der Waals surface area contributed by atoms with Gasteiger partial charge >= 0.3 is 6.03 Å². The average Bonchev–Trinajstić information content (AvgIpc) is 3.54. The van der Waals surface area contributed by atoms with Gasteiger partial charge in [-0.2, -0.15) is 14.7 Å². The second-order valence-corrected chi connectivity index (χ2v) is 9.74. The maximum absolute atomic E-state index is 12.7. The summed E-state index contributed by atoms with van der Waals surface area (Å²) in [6.07, 6.45) is 10.4. The molecule has 0 spiro atoms. The van der Waals surface area contributed by atoms with Crippen LogP contribution in [0.2, 0.25) is 0 Å². The Hall–Kier alpha value is -4.28. The zero-order valence-corrected chi connectivity index (χ0v) is 20.1. The number of aromatic nitrogens is 6. The summed E-state index contributed by atoms with van der Waals surface area (Å²) >= 11 is 0. The number of hydrogen-bond donors (Lipinski definition) is 2. The highest BCUT2D eigenvalue weighted by Gasteiger charge is 2.44. The lowest BCUT2D eigenvalue weighted by molar-refractivity contribution is 0.101. The lowest BCUT2D eigenvalue weighted by Gasteiger charge is -2.38. The molecule has 2 bridgehead atoms. The standard InChI is InChI=1S/C25H27N9O2/c1-13(35)21-22(15-7-17-4-5-18(8-15)33(17)25(27)36)31-24-19(11-30-34(24)23(21)26)14-3-6-20(28-9-14)16-10-29-32(2)12-16/h3,6,9-12,15,17-18H,4-5,7-8,26H2,1-2H3,(H2,27,36)/t15-,17+,18?/m1/s1. The molecule has 36 heavy (non-hydrogen) atoms. The first-order chi connectivity index (χ1) is 17.3. The van der Waals surface area contributed by atoms with Crippen molar-refractivity contribution >= 4 is 23.3 Å². The number of pyridine rings is 1. The topological polar surface area (TPSA) is 150 Å². The number of fused-ring (bicyclic) bond motifs is 3. The monoisotopic (exact) mass is 485 g/mol. The highest BCUT2D eigenvalue weighted by atomic mass is 16.2. The maximum atomic E-state index is 12.7. The van der Waals surface area contributed by atoms with Crippen LogP contribution in [0.3, 0.4) is 0 Å². The predicted molar refractivity (Wildman–Crippen MR) is 133 cm³/mol. The Morgan fingerprint density at radius 2 is 1.78 bits per heavy atom. The van der Waals surface area contributed by atoms with E-state index < -0.39 is 0 Å². The van der Waals surface area contributed by atoms with E-state index in [2.05, 4.69) is 15.2 Å². The molecule has 11 nitrogen and oxygen atoms in total. The number of nitrogens with two attached hydrogens (primary N) is 2. The van der Waals surface area contributed by atoms with E-state index >= 15 is 0 Å². The number of primary amides is 1. The number of piperidine rings is 1. The summed E-state index contributed by atoms with van der Waals surface area (Å²) in [5.74, 6) is 0.123. The van der Waals surface area contributed by atoms with Crippen molar-refractivity contribution in [1.82, 2.24) is 34.3 Å². The van der Waals surface area contributed by atoms with E-state index in [-0.39, 0.29) is 35.6 Å². The number of aryl methyl sites for hydroxylation is 1. The molecule has 4 aromatic heterocycles. The van der Waals surface area contributed by atoms with Gasteiger partial charge in [-0.15, -0.1) is 0 Å². The molecule has 0 aliphatic carbocycles. The quantitative estimate of drug-likeness (QED) is 0.422. The summed E-state index contributed by atoms with van der Waals surface area (Å²) in [6, 6.07) is 3.63. The third kappa shape index (κ3) is 3.42. The smallest absolute Gasteiger partial charge is 0.315 e. The number of anilines is 1. The van der Waals surface area contributed by atoms with Crippen LogP contribution in [0.15, 0.2) is 36.9 Å². The fraction of sp³-hybridized carbons (Fsp3) is 0.360. The number of ketones is 1. The Morgan fingerprint density at radius 3 is 2.36 bits per heavy atom. The van der Waals surface area contributed by atoms with Crippen LogP contribution in [-0.2, 0) is 7.05 Å². The molecule has 0 saturated carbocycles. The third-order valence-corrected chi connectivity index (χ3v) is 7.51. The van der Waals surface area contributed by atoms with Gasteiger partial charge in [0.2, 0.25) is 0 Å². The highest BCUT2D eigenvalue weighted by Crippen LogP contribution is 2.44. The van der Waals surface area contributed by atoms with Crippen LogP contribution in [0.4, 0.5) is 10.6 Å². The molecule has 2 amide bonds. The van der Waals surface area contributed by atoms with Gasteiger partial charge in [0.15, 0.2) is 11.4 Å². The minimum absolute atomic E-state index is 0.00173. The fourth-order valence-corrected chi connectivity index (χ4v) is 5.93. The molecule has 2 saturated heterocycles. The van der Waals surface area contributed by atoms with Gasteiger partial charge in [-0.05, 0) is 38.7 Å². The van der Waals surface area contributed by atoms with Crippen LogP contribution in [-0.4, -0.2) is 58.2 Å². The molecule has 1 unspecified atom stereocenters. The van der Waals surface area contributed by atoms with Gasteiger partial charge < -0.3 is 16.4 Å². The molecular formula is C25H27N9O2. The van der Waals surface area contributed by atoms with Crippen molar-refractivity contribution in [2.24, 2.45) is 12.8 Å². The van der Waals surface area contributed by atoms with Gasteiger partial charge in [0.05, 0.1) is 29.3 Å². The number of amides is 2. The zero-order chi connectivity index (χ0) is 25.1. The molecule has 184 valence electrons. The Kier molecular flexibility index (Phi) is 5.02. The van der Waals surface area contributed by atoms with Crippen LogP contribution >= 0.6 is 0 Å². The van der Waals surface area contributed by atoms with Crippen LogP contribution in [0, 0.1) is 0 Å². The largest absolute Gasteiger partial charge is 0.383 e. The van der Waals surface area contributed by atoms with E-state index in [9.17, 15) is 9.59 Å². The first-order valence-electron chi connectivity index (χ1n) is 12.0.